The lowest BCUT2D eigenvalue weighted by Gasteiger charge is -2.54. The van der Waals surface area contributed by atoms with E-state index in [4.69, 9.17) is 10.3 Å². The molecule has 142 valence electrons. The number of hydrogen-bond donors (Lipinski definition) is 2. The van der Waals surface area contributed by atoms with E-state index in [1.54, 1.807) is 12.0 Å². The minimum Gasteiger partial charge on any atom is -0.411 e. The van der Waals surface area contributed by atoms with Crippen molar-refractivity contribution < 1.29 is 10.3 Å². The average molecular weight is 348 g/mol. The number of nitrogens with zero attached hydrogens (tertiary/aromatic N) is 1. The summed E-state index contributed by atoms with van der Waals surface area (Å²) in [6.07, 6.45) is 11.6. The van der Waals surface area contributed by atoms with Crippen molar-refractivity contribution in [2.24, 2.45) is 52.0 Å². The minimum absolute atomic E-state index is 0. The Hall–Kier alpha value is -0.830. The molecule has 3 nitrogen and oxygen atoms in total. The Morgan fingerprint density at radius 2 is 1.84 bits per heavy atom. The first-order valence-electron chi connectivity index (χ1n) is 9.99. The first kappa shape index (κ1) is 18.9. The van der Waals surface area contributed by atoms with E-state index in [0.29, 0.717) is 5.41 Å². The van der Waals surface area contributed by atoms with Gasteiger partial charge in [0.2, 0.25) is 0 Å². The van der Waals surface area contributed by atoms with Crippen LogP contribution in [0.2, 0.25) is 0 Å². The summed E-state index contributed by atoms with van der Waals surface area (Å²) in [7, 11) is 1.00. The molecule has 4 saturated carbocycles. The Bertz CT molecular complexity index is 568. The molecule has 0 amide bonds. The fourth-order valence-electron chi connectivity index (χ4n) is 7.77. The molecule has 2 N–H and O–H groups in total. The van der Waals surface area contributed by atoms with E-state index in [9.17, 15) is 0 Å². The van der Waals surface area contributed by atoms with E-state index in [1.165, 1.54) is 32.1 Å². The summed E-state index contributed by atoms with van der Waals surface area (Å²) in [4.78, 5) is 0. The molecular weight excluding hydrogens is 310 g/mol. The normalized spacial score (nSPS) is 50.8. The predicted molar refractivity (Wildman–Crippen MR) is 103 cm³/mol. The van der Waals surface area contributed by atoms with Crippen LogP contribution in [0, 0.1) is 46.8 Å². The van der Waals surface area contributed by atoms with Gasteiger partial charge in [0.05, 0.1) is 5.71 Å². The van der Waals surface area contributed by atoms with Gasteiger partial charge in [0, 0.05) is 7.11 Å². The topological polar surface area (TPSA) is 52.8 Å². The summed E-state index contributed by atoms with van der Waals surface area (Å²) in [6, 6.07) is 0. The van der Waals surface area contributed by atoms with Gasteiger partial charge in [-0.2, -0.15) is 0 Å². The Balaban J connectivity index is 0.000000588. The van der Waals surface area contributed by atoms with Crippen molar-refractivity contribution in [2.75, 3.05) is 7.11 Å². The predicted octanol–water partition coefficient (Wildman–Crippen LogP) is 5.13. The van der Waals surface area contributed by atoms with Gasteiger partial charge in [-0.1, -0.05) is 32.0 Å². The van der Waals surface area contributed by atoms with Crippen LogP contribution >= 0.6 is 0 Å². The number of hydrogen-bond acceptors (Lipinski definition) is 3. The number of allylic oxidation sites excluding steroid dienone is 2. The smallest absolute Gasteiger partial charge is 0.0795 e. The molecule has 5 aliphatic rings. The second-order valence-corrected chi connectivity index (χ2v) is 9.26. The van der Waals surface area contributed by atoms with Gasteiger partial charge < -0.3 is 10.3 Å². The first-order valence-corrected chi connectivity index (χ1v) is 9.99. The molecule has 8 atom stereocenters. The summed E-state index contributed by atoms with van der Waals surface area (Å²) in [5.74, 6) is 6.92. The number of aliphatic hydroxyl groups is 1. The quantitative estimate of drug-likeness (QED) is 0.472. The van der Waals surface area contributed by atoms with Crippen LogP contribution < -0.4 is 0 Å². The summed E-state index contributed by atoms with van der Waals surface area (Å²) < 4.78 is 0. The van der Waals surface area contributed by atoms with E-state index in [1.807, 2.05) is 0 Å². The van der Waals surface area contributed by atoms with Gasteiger partial charge in [-0.05, 0) is 97.9 Å². The van der Waals surface area contributed by atoms with Crippen LogP contribution in [-0.2, 0) is 0 Å². The summed E-state index contributed by atoms with van der Waals surface area (Å²) in [5, 5.41) is 19.5. The zero-order chi connectivity index (χ0) is 17.1. The molecule has 0 aromatic carbocycles. The average Bonchev–Trinajstić information content (AvgIpc) is 3.15. The molecule has 0 aromatic heterocycles. The van der Waals surface area contributed by atoms with Crippen LogP contribution in [-0.4, -0.2) is 23.1 Å². The standard InChI is InChI=1S/C20H29NO.CH4O.CH4/c1-11-17-10-18-16-5-3-12-9-13(21-22)4-6-14(12)15(16)7-8-20(18,2)19(11)17;1-2;/h9,11,14-19,22H,3-8,10H2,1-2H3;2H,1H3;1H4/b21-13+;;. The molecule has 0 heterocycles. The molecule has 0 spiro atoms. The molecular formula is C22H37NO2. The van der Waals surface area contributed by atoms with E-state index >= 15 is 0 Å². The highest BCUT2D eigenvalue weighted by molar-refractivity contribution is 5.96. The number of rotatable bonds is 0. The van der Waals surface area contributed by atoms with Crippen molar-refractivity contribution in [1.82, 2.24) is 0 Å². The summed E-state index contributed by atoms with van der Waals surface area (Å²) in [6.45, 7) is 5.15. The third kappa shape index (κ3) is 2.60. The SMILES string of the molecule is C.CC1C2CC3C4CCC5=C/C(=N/O)CCC5C4CCC3(C)C12.CO. The van der Waals surface area contributed by atoms with Crippen molar-refractivity contribution >= 4 is 5.71 Å². The molecule has 0 aromatic rings. The molecule has 3 heteroatoms. The van der Waals surface area contributed by atoms with E-state index in [-0.39, 0.29) is 7.43 Å². The van der Waals surface area contributed by atoms with Crippen molar-refractivity contribution in [3.63, 3.8) is 0 Å². The molecule has 0 aliphatic heterocycles. The zero-order valence-electron chi connectivity index (χ0n) is 15.4. The van der Waals surface area contributed by atoms with Gasteiger partial charge in [0.1, 0.15) is 0 Å². The Labute approximate surface area is 153 Å². The second-order valence-electron chi connectivity index (χ2n) is 9.26. The van der Waals surface area contributed by atoms with Gasteiger partial charge in [-0.3, -0.25) is 0 Å². The third-order valence-electron chi connectivity index (χ3n) is 8.73. The highest BCUT2D eigenvalue weighted by Crippen LogP contribution is 2.74. The fourth-order valence-corrected chi connectivity index (χ4v) is 7.77. The number of fused-ring (bicyclic) bond motifs is 7. The molecule has 25 heavy (non-hydrogen) atoms. The molecule has 0 bridgehead atoms. The van der Waals surface area contributed by atoms with Crippen LogP contribution in [0.4, 0.5) is 0 Å². The largest absolute Gasteiger partial charge is 0.411 e. The van der Waals surface area contributed by atoms with Gasteiger partial charge >= 0.3 is 0 Å². The Morgan fingerprint density at radius 3 is 2.56 bits per heavy atom. The van der Waals surface area contributed by atoms with Gasteiger partial charge in [0.15, 0.2) is 0 Å². The molecule has 0 saturated heterocycles. The highest BCUT2D eigenvalue weighted by Gasteiger charge is 2.68. The Kier molecular flexibility index (Phi) is 5.09. The maximum atomic E-state index is 9.07. The Morgan fingerprint density at radius 1 is 1.08 bits per heavy atom. The minimum atomic E-state index is 0. The maximum absolute atomic E-state index is 9.07. The first-order chi connectivity index (χ1) is 11.6. The monoisotopic (exact) mass is 347 g/mol. The number of oxime groups is 1. The lowest BCUT2D eigenvalue weighted by Crippen LogP contribution is -2.46. The van der Waals surface area contributed by atoms with Crippen LogP contribution in [0.25, 0.3) is 0 Å². The van der Waals surface area contributed by atoms with Crippen LogP contribution in [0.1, 0.15) is 66.2 Å². The lowest BCUT2D eigenvalue weighted by molar-refractivity contribution is -0.0208. The van der Waals surface area contributed by atoms with E-state index in [2.05, 4.69) is 25.1 Å². The van der Waals surface area contributed by atoms with Crippen LogP contribution in [0.3, 0.4) is 0 Å². The molecule has 4 fully saturated rings. The maximum Gasteiger partial charge on any atom is 0.0795 e. The highest BCUT2D eigenvalue weighted by atomic mass is 16.4. The van der Waals surface area contributed by atoms with Gasteiger partial charge in [-0.15, -0.1) is 0 Å². The van der Waals surface area contributed by atoms with Gasteiger partial charge in [-0.25, -0.2) is 0 Å². The summed E-state index contributed by atoms with van der Waals surface area (Å²) >= 11 is 0. The fraction of sp³-hybridized carbons (Fsp3) is 0.864. The van der Waals surface area contributed by atoms with E-state index < -0.39 is 0 Å². The van der Waals surface area contributed by atoms with Crippen molar-refractivity contribution in [3.05, 3.63) is 11.6 Å². The van der Waals surface area contributed by atoms with Crippen molar-refractivity contribution in [3.8, 4) is 0 Å². The van der Waals surface area contributed by atoms with E-state index in [0.717, 1.165) is 60.7 Å². The van der Waals surface area contributed by atoms with Gasteiger partial charge in [0.25, 0.3) is 0 Å². The summed E-state index contributed by atoms with van der Waals surface area (Å²) in [5.41, 5.74) is 3.21. The van der Waals surface area contributed by atoms with Crippen LogP contribution in [0.15, 0.2) is 16.8 Å². The van der Waals surface area contributed by atoms with Crippen LogP contribution in [0.5, 0.6) is 0 Å². The number of aliphatic hydroxyl groups excluding tert-OH is 1. The molecule has 5 rings (SSSR count). The third-order valence-corrected chi connectivity index (χ3v) is 8.73. The van der Waals surface area contributed by atoms with Crippen molar-refractivity contribution in [2.45, 2.75) is 66.2 Å². The lowest BCUT2D eigenvalue weighted by atomic mass is 9.51. The molecule has 5 aliphatic carbocycles. The zero-order valence-corrected chi connectivity index (χ0v) is 15.4. The molecule has 8 unspecified atom stereocenters. The second kappa shape index (κ2) is 6.72. The molecule has 0 radical (unpaired) electrons. The van der Waals surface area contributed by atoms with Crippen molar-refractivity contribution in [1.29, 1.82) is 0 Å².